The van der Waals surface area contributed by atoms with Gasteiger partial charge in [-0.3, -0.25) is 9.48 Å². The van der Waals surface area contributed by atoms with Crippen LogP contribution in [0.4, 0.5) is 4.39 Å². The minimum atomic E-state index is -0.463. The van der Waals surface area contributed by atoms with Crippen molar-refractivity contribution in [2.75, 3.05) is 6.54 Å². The minimum Gasteiger partial charge on any atom is -0.348 e. The van der Waals surface area contributed by atoms with Crippen LogP contribution in [-0.2, 0) is 0 Å². The zero-order valence-electron chi connectivity index (χ0n) is 15.2. The molecule has 0 saturated carbocycles. The quantitative estimate of drug-likeness (QED) is 0.692. The summed E-state index contributed by atoms with van der Waals surface area (Å²) in [6, 6.07) is 5.68. The predicted molar refractivity (Wildman–Crippen MR) is 98.1 cm³/mol. The topological polar surface area (TPSA) is 85.8 Å². The Morgan fingerprint density at radius 1 is 1.33 bits per heavy atom. The zero-order valence-corrected chi connectivity index (χ0v) is 15.9. The van der Waals surface area contributed by atoms with E-state index < -0.39 is 5.91 Å². The predicted octanol–water partition coefficient (Wildman–Crippen LogP) is 3.72. The molecular formula is C18H19ClFN5O2. The summed E-state index contributed by atoms with van der Waals surface area (Å²) in [4.78, 5) is 16.2. The molecule has 1 N–H and O–H groups in total. The molecule has 1 amide bonds. The van der Waals surface area contributed by atoms with Crippen molar-refractivity contribution >= 4 is 17.5 Å². The largest absolute Gasteiger partial charge is 0.348 e. The molecule has 9 heteroatoms. The van der Waals surface area contributed by atoms with E-state index in [-0.39, 0.29) is 23.6 Å². The lowest BCUT2D eigenvalue weighted by Gasteiger charge is -2.14. The molecular weight excluding hydrogens is 373 g/mol. The van der Waals surface area contributed by atoms with Crippen LogP contribution in [0.1, 0.15) is 41.5 Å². The normalized spacial score (nSPS) is 12.2. The molecule has 3 rings (SSSR count). The van der Waals surface area contributed by atoms with Crippen LogP contribution in [0.5, 0.6) is 0 Å². The van der Waals surface area contributed by atoms with Gasteiger partial charge in [-0.05, 0) is 51.5 Å². The third-order valence-corrected chi connectivity index (χ3v) is 4.77. The van der Waals surface area contributed by atoms with E-state index in [0.29, 0.717) is 23.6 Å². The van der Waals surface area contributed by atoms with E-state index in [1.807, 2.05) is 25.5 Å². The Labute approximate surface area is 160 Å². The summed E-state index contributed by atoms with van der Waals surface area (Å²) < 4.78 is 19.8. The fourth-order valence-corrected chi connectivity index (χ4v) is 2.82. The average Bonchev–Trinajstić information content (AvgIpc) is 3.23. The van der Waals surface area contributed by atoms with Crippen molar-refractivity contribution < 1.29 is 13.7 Å². The molecule has 0 bridgehead atoms. The van der Waals surface area contributed by atoms with Crippen LogP contribution in [0.15, 0.2) is 28.8 Å². The van der Waals surface area contributed by atoms with E-state index in [1.165, 1.54) is 24.3 Å². The lowest BCUT2D eigenvalue weighted by Crippen LogP contribution is -2.26. The monoisotopic (exact) mass is 391 g/mol. The number of carbonyl (C=O) groups is 1. The van der Waals surface area contributed by atoms with Crippen molar-refractivity contribution in [3.63, 3.8) is 0 Å². The number of hydrogen-bond acceptors (Lipinski definition) is 5. The van der Waals surface area contributed by atoms with Crippen molar-refractivity contribution in [2.45, 2.75) is 33.2 Å². The zero-order chi connectivity index (χ0) is 19.6. The Bertz CT molecular complexity index is 951. The Kier molecular flexibility index (Phi) is 5.55. The van der Waals surface area contributed by atoms with E-state index in [4.69, 9.17) is 16.1 Å². The Morgan fingerprint density at radius 3 is 2.67 bits per heavy atom. The van der Waals surface area contributed by atoms with Gasteiger partial charge < -0.3 is 9.84 Å². The summed E-state index contributed by atoms with van der Waals surface area (Å²) in [6.45, 7) is 6.17. The molecule has 1 atom stereocenters. The van der Waals surface area contributed by atoms with Gasteiger partial charge >= 0.3 is 11.8 Å². The van der Waals surface area contributed by atoms with Gasteiger partial charge in [0.25, 0.3) is 0 Å². The van der Waals surface area contributed by atoms with Crippen molar-refractivity contribution in [2.24, 2.45) is 0 Å². The van der Waals surface area contributed by atoms with Crippen LogP contribution < -0.4 is 5.32 Å². The fraction of sp³-hybridized carbons (Fsp3) is 0.333. The first kappa shape index (κ1) is 19.0. The second-order valence-electron chi connectivity index (χ2n) is 6.25. The van der Waals surface area contributed by atoms with E-state index in [9.17, 15) is 9.18 Å². The molecule has 1 aromatic carbocycles. The highest BCUT2D eigenvalue weighted by Crippen LogP contribution is 2.23. The molecule has 7 nitrogen and oxygen atoms in total. The summed E-state index contributed by atoms with van der Waals surface area (Å²) in [5.41, 5.74) is 2.24. The molecule has 2 heterocycles. The van der Waals surface area contributed by atoms with E-state index in [1.54, 1.807) is 0 Å². The molecule has 0 radical (unpaired) electrons. The lowest BCUT2D eigenvalue weighted by atomic mass is 10.2. The molecule has 3 aromatic rings. The number of amides is 1. The molecule has 0 unspecified atom stereocenters. The Hall–Kier alpha value is -2.74. The third kappa shape index (κ3) is 4.16. The summed E-state index contributed by atoms with van der Waals surface area (Å²) in [7, 11) is 0. The number of nitrogens with zero attached hydrogens (tertiary/aromatic N) is 4. The van der Waals surface area contributed by atoms with Gasteiger partial charge in [-0.15, -0.1) is 0 Å². The number of rotatable bonds is 6. The van der Waals surface area contributed by atoms with Gasteiger partial charge in [0.05, 0.1) is 22.5 Å². The van der Waals surface area contributed by atoms with Crippen LogP contribution in [0.2, 0.25) is 5.02 Å². The highest BCUT2D eigenvalue weighted by Gasteiger charge is 2.18. The third-order valence-electron chi connectivity index (χ3n) is 4.22. The number of nitrogens with one attached hydrogen (secondary N) is 1. The smallest absolute Gasteiger partial charge is 0.316 e. The van der Waals surface area contributed by atoms with E-state index >= 15 is 0 Å². The van der Waals surface area contributed by atoms with Crippen molar-refractivity contribution in [3.8, 4) is 11.4 Å². The first-order valence-electron chi connectivity index (χ1n) is 8.46. The highest BCUT2D eigenvalue weighted by atomic mass is 35.5. The Morgan fingerprint density at radius 2 is 2.04 bits per heavy atom. The molecule has 0 fully saturated rings. The van der Waals surface area contributed by atoms with Crippen LogP contribution in [0, 0.1) is 19.7 Å². The van der Waals surface area contributed by atoms with E-state index in [0.717, 1.165) is 11.4 Å². The first-order chi connectivity index (χ1) is 12.9. The van der Waals surface area contributed by atoms with E-state index in [2.05, 4.69) is 20.6 Å². The molecule has 2 aromatic heterocycles. The second kappa shape index (κ2) is 7.87. The van der Waals surface area contributed by atoms with Crippen LogP contribution in [0.3, 0.4) is 0 Å². The van der Waals surface area contributed by atoms with Gasteiger partial charge in [-0.25, -0.2) is 4.39 Å². The van der Waals surface area contributed by atoms with Crippen LogP contribution in [0.25, 0.3) is 11.4 Å². The average molecular weight is 392 g/mol. The lowest BCUT2D eigenvalue weighted by molar-refractivity contribution is 0.0907. The molecule has 142 valence electrons. The van der Waals surface area contributed by atoms with Crippen LogP contribution in [-0.4, -0.2) is 32.4 Å². The number of aromatic nitrogens is 4. The van der Waals surface area contributed by atoms with Crippen LogP contribution >= 0.6 is 11.6 Å². The maximum Gasteiger partial charge on any atom is 0.316 e. The molecule has 0 aliphatic heterocycles. The number of halogens is 2. The Balaban J connectivity index is 1.56. The SMILES string of the molecule is Cc1nn([C@@H](C)CCNC(=O)c2nc(-c3ccc(F)cc3)no2)c(C)c1Cl. The molecule has 0 aliphatic rings. The highest BCUT2D eigenvalue weighted by molar-refractivity contribution is 6.31. The van der Waals surface area contributed by atoms with Crippen molar-refractivity contribution in [1.29, 1.82) is 0 Å². The minimum absolute atomic E-state index is 0.0639. The van der Waals surface area contributed by atoms with Gasteiger partial charge in [0.2, 0.25) is 5.82 Å². The van der Waals surface area contributed by atoms with Gasteiger partial charge in [0.1, 0.15) is 5.82 Å². The second-order valence-corrected chi connectivity index (χ2v) is 6.63. The fourth-order valence-electron chi connectivity index (χ4n) is 2.70. The molecule has 0 saturated heterocycles. The maximum absolute atomic E-state index is 13.0. The van der Waals surface area contributed by atoms with Gasteiger partial charge in [-0.2, -0.15) is 10.1 Å². The van der Waals surface area contributed by atoms with Gasteiger partial charge in [-0.1, -0.05) is 16.8 Å². The molecule has 0 spiro atoms. The summed E-state index contributed by atoms with van der Waals surface area (Å²) in [5, 5.41) is 11.6. The standard InChI is InChI=1S/C18H19ClFN5O2/c1-10(25-12(3)15(19)11(2)23-25)8-9-21-17(26)18-22-16(24-27-18)13-4-6-14(20)7-5-13/h4-7,10H,8-9H2,1-3H3,(H,21,26)/t10-/m0/s1. The molecule has 0 aliphatic carbocycles. The summed E-state index contributed by atoms with van der Waals surface area (Å²) in [5.74, 6) is -0.741. The molecule has 27 heavy (non-hydrogen) atoms. The number of benzene rings is 1. The number of aryl methyl sites for hydroxylation is 1. The van der Waals surface area contributed by atoms with Gasteiger partial charge in [0, 0.05) is 12.1 Å². The van der Waals surface area contributed by atoms with Gasteiger partial charge in [0.15, 0.2) is 0 Å². The number of carbonyl (C=O) groups excluding carboxylic acids is 1. The van der Waals surface area contributed by atoms with Crippen molar-refractivity contribution in [3.05, 3.63) is 52.4 Å². The first-order valence-corrected chi connectivity index (χ1v) is 8.83. The number of hydrogen-bond donors (Lipinski definition) is 1. The summed E-state index contributed by atoms with van der Waals surface area (Å²) in [6.07, 6.45) is 0.656. The maximum atomic E-state index is 13.0. The van der Waals surface area contributed by atoms with Crippen molar-refractivity contribution in [1.82, 2.24) is 25.2 Å². The summed E-state index contributed by atoms with van der Waals surface area (Å²) >= 11 is 6.17.